The molecule has 0 aliphatic heterocycles. The highest BCUT2D eigenvalue weighted by Crippen LogP contribution is 2.25. The predicted octanol–water partition coefficient (Wildman–Crippen LogP) is 4.11. The Hall–Kier alpha value is -1.02. The molecule has 1 aliphatic rings. The summed E-state index contributed by atoms with van der Waals surface area (Å²) in [5.74, 6) is 0.899. The van der Waals surface area contributed by atoms with E-state index in [1.54, 1.807) is 0 Å². The van der Waals surface area contributed by atoms with Gasteiger partial charge in [0.1, 0.15) is 0 Å². The fourth-order valence-corrected chi connectivity index (χ4v) is 2.83. The summed E-state index contributed by atoms with van der Waals surface area (Å²) in [5.41, 5.74) is 1.30. The second kappa shape index (κ2) is 7.54. The third-order valence-corrected chi connectivity index (χ3v) is 4.18. The van der Waals surface area contributed by atoms with Crippen LogP contribution in [0, 0.1) is 5.92 Å². The molecule has 106 valence electrons. The maximum atomic E-state index is 6.04. The minimum Gasteiger partial charge on any atom is -0.376 e. The van der Waals surface area contributed by atoms with Crippen LogP contribution in [-0.2, 0) is 4.74 Å². The second-order valence-electron chi connectivity index (χ2n) is 5.67. The Morgan fingerprint density at radius 3 is 2.42 bits per heavy atom. The Labute approximate surface area is 117 Å². The van der Waals surface area contributed by atoms with Crippen molar-refractivity contribution in [3.8, 4) is 0 Å². The Kier molecular flexibility index (Phi) is 5.71. The van der Waals surface area contributed by atoms with E-state index in [1.807, 2.05) is 0 Å². The monoisotopic (exact) mass is 261 g/mol. The van der Waals surface area contributed by atoms with Gasteiger partial charge in [0.2, 0.25) is 0 Å². The first-order valence-corrected chi connectivity index (χ1v) is 7.71. The van der Waals surface area contributed by atoms with E-state index in [0.717, 1.165) is 25.6 Å². The normalized spacial score (nSPS) is 23.3. The lowest BCUT2D eigenvalue weighted by molar-refractivity contribution is 0.0238. The van der Waals surface area contributed by atoms with Crippen LogP contribution in [-0.4, -0.2) is 25.8 Å². The summed E-state index contributed by atoms with van der Waals surface area (Å²) >= 11 is 0. The minimum absolute atomic E-state index is 0.505. The molecule has 1 aliphatic carbocycles. The van der Waals surface area contributed by atoms with E-state index in [0.29, 0.717) is 6.10 Å². The SMILES string of the molecule is CCN(CCOC1CCC(C)CC1)c1ccccc1. The first kappa shape index (κ1) is 14.4. The van der Waals surface area contributed by atoms with Gasteiger partial charge in [-0.25, -0.2) is 0 Å². The van der Waals surface area contributed by atoms with Gasteiger partial charge in [-0.05, 0) is 50.7 Å². The van der Waals surface area contributed by atoms with E-state index < -0.39 is 0 Å². The maximum absolute atomic E-state index is 6.04. The van der Waals surface area contributed by atoms with Crippen LogP contribution in [0.25, 0.3) is 0 Å². The van der Waals surface area contributed by atoms with Crippen molar-refractivity contribution in [1.82, 2.24) is 0 Å². The van der Waals surface area contributed by atoms with Crippen LogP contribution in [0.1, 0.15) is 39.5 Å². The highest BCUT2D eigenvalue weighted by Gasteiger charge is 2.18. The van der Waals surface area contributed by atoms with Crippen LogP contribution in [0.4, 0.5) is 5.69 Å². The lowest BCUT2D eigenvalue weighted by Crippen LogP contribution is -2.29. The number of anilines is 1. The molecule has 0 saturated heterocycles. The van der Waals surface area contributed by atoms with Crippen molar-refractivity contribution >= 4 is 5.69 Å². The molecule has 0 spiro atoms. The van der Waals surface area contributed by atoms with Gasteiger partial charge in [-0.2, -0.15) is 0 Å². The summed E-state index contributed by atoms with van der Waals surface area (Å²) in [6.07, 6.45) is 5.67. The molecule has 0 aromatic heterocycles. The van der Waals surface area contributed by atoms with Gasteiger partial charge in [-0.15, -0.1) is 0 Å². The number of benzene rings is 1. The lowest BCUT2D eigenvalue weighted by Gasteiger charge is -2.28. The minimum atomic E-state index is 0.505. The molecule has 0 radical (unpaired) electrons. The summed E-state index contributed by atoms with van der Waals surface area (Å²) in [7, 11) is 0. The van der Waals surface area contributed by atoms with Gasteiger partial charge >= 0.3 is 0 Å². The molecule has 2 nitrogen and oxygen atoms in total. The Bertz CT molecular complexity index is 344. The van der Waals surface area contributed by atoms with E-state index in [1.165, 1.54) is 31.4 Å². The van der Waals surface area contributed by atoms with Crippen molar-refractivity contribution in [2.45, 2.75) is 45.6 Å². The summed E-state index contributed by atoms with van der Waals surface area (Å²) in [6, 6.07) is 10.6. The predicted molar refractivity (Wildman–Crippen MR) is 81.7 cm³/mol. The lowest BCUT2D eigenvalue weighted by atomic mass is 9.89. The van der Waals surface area contributed by atoms with Crippen molar-refractivity contribution in [3.05, 3.63) is 30.3 Å². The average molecular weight is 261 g/mol. The molecule has 2 rings (SSSR count). The topological polar surface area (TPSA) is 12.5 Å². The van der Waals surface area contributed by atoms with Crippen molar-refractivity contribution in [2.24, 2.45) is 5.92 Å². The molecular weight excluding hydrogens is 234 g/mol. The molecule has 0 amide bonds. The number of hydrogen-bond donors (Lipinski definition) is 0. The third-order valence-electron chi connectivity index (χ3n) is 4.18. The Balaban J connectivity index is 1.72. The van der Waals surface area contributed by atoms with Crippen LogP contribution >= 0.6 is 0 Å². The average Bonchev–Trinajstić information content (AvgIpc) is 2.46. The van der Waals surface area contributed by atoms with E-state index in [4.69, 9.17) is 4.74 Å². The zero-order valence-corrected chi connectivity index (χ0v) is 12.3. The second-order valence-corrected chi connectivity index (χ2v) is 5.67. The van der Waals surface area contributed by atoms with Crippen LogP contribution in [0.3, 0.4) is 0 Å². The first-order valence-electron chi connectivity index (χ1n) is 7.71. The molecule has 0 N–H and O–H groups in total. The highest BCUT2D eigenvalue weighted by atomic mass is 16.5. The van der Waals surface area contributed by atoms with E-state index in [-0.39, 0.29) is 0 Å². The summed E-state index contributed by atoms with van der Waals surface area (Å²) in [5, 5.41) is 0. The molecule has 0 unspecified atom stereocenters. The van der Waals surface area contributed by atoms with Crippen molar-refractivity contribution in [2.75, 3.05) is 24.6 Å². The smallest absolute Gasteiger partial charge is 0.0645 e. The van der Waals surface area contributed by atoms with E-state index >= 15 is 0 Å². The number of ether oxygens (including phenoxy) is 1. The van der Waals surface area contributed by atoms with Gasteiger partial charge in [0.05, 0.1) is 12.7 Å². The van der Waals surface area contributed by atoms with Crippen molar-refractivity contribution < 1.29 is 4.74 Å². The van der Waals surface area contributed by atoms with Crippen LogP contribution in [0.15, 0.2) is 30.3 Å². The van der Waals surface area contributed by atoms with E-state index in [2.05, 4.69) is 49.1 Å². The van der Waals surface area contributed by atoms with Crippen LogP contribution < -0.4 is 4.90 Å². The Morgan fingerprint density at radius 1 is 1.11 bits per heavy atom. The molecule has 0 bridgehead atoms. The Morgan fingerprint density at radius 2 is 1.79 bits per heavy atom. The summed E-state index contributed by atoms with van der Waals surface area (Å²) < 4.78 is 6.04. The maximum Gasteiger partial charge on any atom is 0.0645 e. The number of rotatable bonds is 6. The largest absolute Gasteiger partial charge is 0.376 e. The first-order chi connectivity index (χ1) is 9.29. The van der Waals surface area contributed by atoms with Gasteiger partial charge in [-0.3, -0.25) is 0 Å². The highest BCUT2D eigenvalue weighted by molar-refractivity contribution is 5.45. The quantitative estimate of drug-likeness (QED) is 0.764. The zero-order chi connectivity index (χ0) is 13.5. The van der Waals surface area contributed by atoms with Gasteiger partial charge in [0.15, 0.2) is 0 Å². The number of likely N-dealkylation sites (N-methyl/N-ethyl adjacent to an activating group) is 1. The molecular formula is C17H27NO. The fraction of sp³-hybridized carbons (Fsp3) is 0.647. The molecule has 1 saturated carbocycles. The number of nitrogens with zero attached hydrogens (tertiary/aromatic N) is 1. The van der Waals surface area contributed by atoms with E-state index in [9.17, 15) is 0 Å². The van der Waals surface area contributed by atoms with Gasteiger partial charge in [0, 0.05) is 18.8 Å². The van der Waals surface area contributed by atoms with Crippen molar-refractivity contribution in [1.29, 1.82) is 0 Å². The third kappa shape index (κ3) is 4.54. The zero-order valence-electron chi connectivity index (χ0n) is 12.3. The van der Waals surface area contributed by atoms with Gasteiger partial charge in [0.25, 0.3) is 0 Å². The van der Waals surface area contributed by atoms with Crippen molar-refractivity contribution in [3.63, 3.8) is 0 Å². The summed E-state index contributed by atoms with van der Waals surface area (Å²) in [6.45, 7) is 7.43. The fourth-order valence-electron chi connectivity index (χ4n) is 2.83. The van der Waals surface area contributed by atoms with Gasteiger partial charge in [-0.1, -0.05) is 25.1 Å². The number of hydrogen-bond acceptors (Lipinski definition) is 2. The van der Waals surface area contributed by atoms with Crippen LogP contribution in [0.2, 0.25) is 0 Å². The number of para-hydroxylation sites is 1. The molecule has 0 heterocycles. The molecule has 2 heteroatoms. The standard InChI is InChI=1S/C17H27NO/c1-3-18(16-7-5-4-6-8-16)13-14-19-17-11-9-15(2)10-12-17/h4-8,15,17H,3,9-14H2,1-2H3. The molecule has 1 aromatic carbocycles. The molecule has 1 aromatic rings. The molecule has 0 atom stereocenters. The molecule has 19 heavy (non-hydrogen) atoms. The van der Waals surface area contributed by atoms with Crippen LogP contribution in [0.5, 0.6) is 0 Å². The summed E-state index contributed by atoms with van der Waals surface area (Å²) in [4.78, 5) is 2.38. The van der Waals surface area contributed by atoms with Gasteiger partial charge < -0.3 is 9.64 Å². The molecule has 1 fully saturated rings.